The number of hydrogen-bond donors (Lipinski definition) is 0. The molecule has 0 saturated carbocycles. The van der Waals surface area contributed by atoms with Crippen LogP contribution in [0.5, 0.6) is 23.0 Å². The lowest BCUT2D eigenvalue weighted by atomic mass is 9.79. The highest BCUT2D eigenvalue weighted by Gasteiger charge is 2.30. The minimum atomic E-state index is -0.483. The molecule has 2 aliphatic rings. The van der Waals surface area contributed by atoms with E-state index in [1.54, 1.807) is 0 Å². The molecule has 1 aliphatic carbocycles. The van der Waals surface area contributed by atoms with Crippen molar-refractivity contribution >= 4 is 11.9 Å². The van der Waals surface area contributed by atoms with Gasteiger partial charge in [-0.25, -0.2) is 9.59 Å². The first-order valence-electron chi connectivity index (χ1n) is 25.6. The van der Waals surface area contributed by atoms with Gasteiger partial charge in [0.25, 0.3) is 0 Å². The van der Waals surface area contributed by atoms with Crippen molar-refractivity contribution in [3.8, 4) is 23.0 Å². The molecule has 0 aromatic heterocycles. The van der Waals surface area contributed by atoms with Gasteiger partial charge in [-0.3, -0.25) is 0 Å². The second-order valence-electron chi connectivity index (χ2n) is 23.1. The zero-order valence-corrected chi connectivity index (χ0v) is 45.8. The van der Waals surface area contributed by atoms with E-state index in [-0.39, 0.29) is 48.1 Å². The van der Waals surface area contributed by atoms with Crippen LogP contribution in [0.15, 0.2) is 48.5 Å². The highest BCUT2D eigenvalue weighted by Crippen LogP contribution is 2.44. The van der Waals surface area contributed by atoms with Crippen LogP contribution in [0.3, 0.4) is 0 Å². The normalized spacial score (nSPS) is 15.9. The molecule has 1 heterocycles. The molecule has 12 nitrogen and oxygen atoms in total. The highest BCUT2D eigenvalue weighted by molar-refractivity contribution is 5.72. The molecule has 0 spiro atoms. The van der Waals surface area contributed by atoms with Crippen LogP contribution in [0.25, 0.3) is 0 Å². The summed E-state index contributed by atoms with van der Waals surface area (Å²) in [5.74, 6) is 1.70. The average molecular weight is 995 g/mol. The van der Waals surface area contributed by atoms with E-state index in [0.29, 0.717) is 90.0 Å². The smallest absolute Gasteiger partial charge is 0.343 e. The van der Waals surface area contributed by atoms with E-state index in [1.807, 2.05) is 0 Å². The second-order valence-corrected chi connectivity index (χ2v) is 23.1. The van der Waals surface area contributed by atoms with Crippen LogP contribution in [0, 0.1) is 0 Å². The van der Waals surface area contributed by atoms with Crippen molar-refractivity contribution in [2.24, 2.45) is 0 Å². The van der Waals surface area contributed by atoms with Crippen LogP contribution in [-0.2, 0) is 85.4 Å². The van der Waals surface area contributed by atoms with E-state index in [9.17, 15) is 9.59 Å². The van der Waals surface area contributed by atoms with E-state index < -0.39 is 11.9 Å². The molecule has 4 aromatic carbocycles. The van der Waals surface area contributed by atoms with Crippen molar-refractivity contribution in [3.05, 3.63) is 115 Å². The Morgan fingerprint density at radius 1 is 0.375 bits per heavy atom. The monoisotopic (exact) mass is 995 g/mol. The van der Waals surface area contributed by atoms with Gasteiger partial charge in [-0.1, -0.05) is 132 Å². The number of carbonyl (C=O) groups is 2. The Labute approximate surface area is 429 Å². The first-order valence-corrected chi connectivity index (χ1v) is 25.6. The maximum atomic E-state index is 13.0. The summed E-state index contributed by atoms with van der Waals surface area (Å²) in [4.78, 5) is 26.1. The molecule has 394 valence electrons. The lowest BCUT2D eigenvalue weighted by molar-refractivity contribution is -0.143. The van der Waals surface area contributed by atoms with Gasteiger partial charge in [0.05, 0.1) is 67.1 Å². The SMILES string of the molecule is COC(=O)COc1c2cc(C(C)(C)C)cc1Cc1cc(C(C)(C)C)cc3c1OCCOCCOCCOCCOCCOc1c(cc(C(C)(C)C)cc1Cc1cc(C(C)(C)C)cc(c1OCC(=O)OC)C3)C2. The van der Waals surface area contributed by atoms with Gasteiger partial charge in [0, 0.05) is 25.7 Å². The van der Waals surface area contributed by atoms with Crippen LogP contribution < -0.4 is 18.9 Å². The summed E-state index contributed by atoms with van der Waals surface area (Å²) in [5.41, 5.74) is 10.8. The molecular formula is C60H82O12. The predicted molar refractivity (Wildman–Crippen MR) is 281 cm³/mol. The zero-order valence-electron chi connectivity index (χ0n) is 45.8. The molecule has 0 fully saturated rings. The lowest BCUT2D eigenvalue weighted by Gasteiger charge is -2.29. The molecule has 4 aromatic rings. The number of ether oxygens (including phenoxy) is 10. The van der Waals surface area contributed by atoms with Crippen molar-refractivity contribution in [3.63, 3.8) is 0 Å². The fraction of sp³-hybridized carbons (Fsp3) is 0.567. The third kappa shape index (κ3) is 15.2. The Bertz CT molecular complexity index is 2220. The fourth-order valence-electron chi connectivity index (χ4n) is 8.91. The van der Waals surface area contributed by atoms with Gasteiger partial charge in [0.1, 0.15) is 36.2 Å². The highest BCUT2D eigenvalue weighted by atomic mass is 16.6. The summed E-state index contributed by atoms with van der Waals surface area (Å²) >= 11 is 0. The molecule has 10 bridgehead atoms. The van der Waals surface area contributed by atoms with E-state index in [0.717, 1.165) is 78.3 Å². The summed E-state index contributed by atoms with van der Waals surface area (Å²) in [7, 11) is 2.75. The van der Waals surface area contributed by atoms with Crippen molar-refractivity contribution in [1.29, 1.82) is 0 Å². The molecule has 0 saturated heterocycles. The Hall–Kier alpha value is -5.14. The van der Waals surface area contributed by atoms with Crippen LogP contribution >= 0.6 is 0 Å². The van der Waals surface area contributed by atoms with Crippen molar-refractivity contribution in [1.82, 2.24) is 0 Å². The predicted octanol–water partition coefficient (Wildman–Crippen LogP) is 10.5. The van der Waals surface area contributed by atoms with Crippen LogP contribution in [-0.4, -0.2) is 105 Å². The Kier molecular flexibility index (Phi) is 18.9. The number of fused-ring (bicyclic) bond motifs is 2. The van der Waals surface area contributed by atoms with Gasteiger partial charge in [-0.15, -0.1) is 0 Å². The molecule has 0 radical (unpaired) electrons. The van der Waals surface area contributed by atoms with Gasteiger partial charge in [0.15, 0.2) is 13.2 Å². The standard InChI is InChI=1S/C60H82O12/c1-57(2,3)47-29-39-25-43-33-49(59(7,8)9)35-45(55(43)71-37-51(61)63-13)27-41-31-48(58(4,5)6)32-42-28-46-36-50(60(10,11)12)34-44(56(46)72-38-52(62)64-14)26-40(30-47)53(39)69-23-21-67-19-17-65-15-16-66-18-20-68-22-24-70-54(41)42/h29-36H,15-28,37-38H2,1-14H3. The first kappa shape index (κ1) is 56.2. The molecule has 6 rings (SSSR count). The van der Waals surface area contributed by atoms with Crippen molar-refractivity contribution < 1.29 is 57.0 Å². The topological polar surface area (TPSA) is 126 Å². The summed E-state index contributed by atoms with van der Waals surface area (Å²) < 4.78 is 61.5. The minimum absolute atomic E-state index is 0.266. The number of esters is 2. The molecule has 72 heavy (non-hydrogen) atoms. The molecular weight excluding hydrogens is 913 g/mol. The van der Waals surface area contributed by atoms with Crippen LogP contribution in [0.1, 0.15) is 150 Å². The van der Waals surface area contributed by atoms with Gasteiger partial charge in [0.2, 0.25) is 0 Å². The number of carbonyl (C=O) groups excluding carboxylic acids is 2. The quantitative estimate of drug-likeness (QED) is 0.150. The van der Waals surface area contributed by atoms with E-state index in [1.165, 1.54) is 14.2 Å². The van der Waals surface area contributed by atoms with Gasteiger partial charge < -0.3 is 47.4 Å². The Morgan fingerprint density at radius 3 is 0.819 bits per heavy atom. The number of rotatable bonds is 6. The van der Waals surface area contributed by atoms with Crippen LogP contribution in [0.2, 0.25) is 0 Å². The molecule has 0 unspecified atom stereocenters. The number of hydrogen-bond acceptors (Lipinski definition) is 12. The number of benzene rings is 4. The maximum absolute atomic E-state index is 13.0. The minimum Gasteiger partial charge on any atom is -0.491 e. The third-order valence-corrected chi connectivity index (χ3v) is 13.1. The Morgan fingerprint density at radius 2 is 0.597 bits per heavy atom. The van der Waals surface area contributed by atoms with Crippen molar-refractivity contribution in [2.45, 2.75) is 130 Å². The van der Waals surface area contributed by atoms with Gasteiger partial charge in [-0.05, 0) is 88.4 Å². The number of methoxy groups -OCH3 is 2. The largest absolute Gasteiger partial charge is 0.491 e. The molecule has 0 amide bonds. The van der Waals surface area contributed by atoms with Crippen LogP contribution in [0.4, 0.5) is 0 Å². The third-order valence-electron chi connectivity index (χ3n) is 13.1. The van der Waals surface area contributed by atoms with Gasteiger partial charge in [-0.2, -0.15) is 0 Å². The summed E-state index contributed by atoms with van der Waals surface area (Å²) in [5, 5.41) is 0. The fourth-order valence-corrected chi connectivity index (χ4v) is 8.91. The summed E-state index contributed by atoms with van der Waals surface area (Å²) in [6.07, 6.45) is 1.62. The Balaban J connectivity index is 1.77. The maximum Gasteiger partial charge on any atom is 0.343 e. The van der Waals surface area contributed by atoms with Crippen molar-refractivity contribution in [2.75, 3.05) is 93.5 Å². The van der Waals surface area contributed by atoms with E-state index in [2.05, 4.69) is 132 Å². The summed E-state index contributed by atoms with van der Waals surface area (Å²) in [6.45, 7) is 29.7. The molecule has 0 atom stereocenters. The molecule has 0 N–H and O–H groups in total. The zero-order chi connectivity index (χ0) is 52.4. The molecule has 1 aliphatic heterocycles. The lowest BCUT2D eigenvalue weighted by Crippen LogP contribution is -2.20. The molecule has 12 heteroatoms. The average Bonchev–Trinajstić information content (AvgIpc) is 3.29. The second kappa shape index (κ2) is 24.3. The van der Waals surface area contributed by atoms with E-state index >= 15 is 0 Å². The van der Waals surface area contributed by atoms with Gasteiger partial charge >= 0.3 is 11.9 Å². The summed E-state index contributed by atoms with van der Waals surface area (Å²) in [6, 6.07) is 17.9. The van der Waals surface area contributed by atoms with E-state index in [4.69, 9.17) is 47.4 Å². The first-order chi connectivity index (χ1) is 34.0.